The third kappa shape index (κ3) is 3.50. The molecule has 1 heterocycles. The molecule has 0 aliphatic heterocycles. The average molecular weight is 325 g/mol. The summed E-state index contributed by atoms with van der Waals surface area (Å²) in [6.07, 6.45) is -0.453. The van der Waals surface area contributed by atoms with Gasteiger partial charge in [0.15, 0.2) is 0 Å². The Balaban J connectivity index is 2.24. The van der Waals surface area contributed by atoms with Gasteiger partial charge in [0.25, 0.3) is 0 Å². The number of aromatic nitrogens is 1. The first kappa shape index (κ1) is 13.9. The molecule has 2 rings (SSSR count). The van der Waals surface area contributed by atoms with E-state index in [1.165, 1.54) is 0 Å². The van der Waals surface area contributed by atoms with Crippen LogP contribution in [-0.4, -0.2) is 16.7 Å². The van der Waals surface area contributed by atoms with E-state index < -0.39 is 11.7 Å². The summed E-state index contributed by atoms with van der Waals surface area (Å²) in [5, 5.41) is 3.78. The minimum absolute atomic E-state index is 0.453. The van der Waals surface area contributed by atoms with Crippen molar-refractivity contribution in [3.05, 3.63) is 28.4 Å². The molecule has 1 aromatic heterocycles. The second kappa shape index (κ2) is 4.89. The van der Waals surface area contributed by atoms with E-state index in [0.717, 1.165) is 21.1 Å². The Morgan fingerprint density at radius 1 is 1.32 bits per heavy atom. The first-order valence-corrected chi connectivity index (χ1v) is 6.83. The highest BCUT2D eigenvalue weighted by molar-refractivity contribution is 9.10. The highest BCUT2D eigenvalue weighted by Crippen LogP contribution is 2.28. The molecule has 19 heavy (non-hydrogen) atoms. The molecule has 0 saturated heterocycles. The van der Waals surface area contributed by atoms with Gasteiger partial charge in [-0.3, -0.25) is 5.32 Å². The lowest BCUT2D eigenvalue weighted by Gasteiger charge is -2.19. The van der Waals surface area contributed by atoms with Crippen LogP contribution in [0.15, 0.2) is 22.7 Å². The van der Waals surface area contributed by atoms with Crippen LogP contribution < -0.4 is 5.32 Å². The first-order chi connectivity index (χ1) is 8.74. The van der Waals surface area contributed by atoms with E-state index in [1.54, 1.807) is 0 Å². The quantitative estimate of drug-likeness (QED) is 0.806. The SMILES string of the molecule is Cc1cc2cc(NC(=O)OC(C)(C)C)cc(Br)c2[nH]1. The zero-order valence-electron chi connectivity index (χ0n) is 11.4. The summed E-state index contributed by atoms with van der Waals surface area (Å²) in [6.45, 7) is 7.50. The number of halogens is 1. The molecule has 0 aliphatic carbocycles. The highest BCUT2D eigenvalue weighted by Gasteiger charge is 2.16. The maximum Gasteiger partial charge on any atom is 0.412 e. The number of hydrogen-bond acceptors (Lipinski definition) is 2. The minimum Gasteiger partial charge on any atom is -0.444 e. The monoisotopic (exact) mass is 324 g/mol. The van der Waals surface area contributed by atoms with Gasteiger partial charge in [-0.15, -0.1) is 0 Å². The summed E-state index contributed by atoms with van der Waals surface area (Å²) < 4.78 is 6.13. The van der Waals surface area contributed by atoms with Gasteiger partial charge >= 0.3 is 6.09 Å². The Labute approximate surface area is 120 Å². The minimum atomic E-state index is -0.504. The number of aryl methyl sites for hydroxylation is 1. The molecule has 4 nitrogen and oxygen atoms in total. The third-order valence-electron chi connectivity index (χ3n) is 2.46. The molecular formula is C14H17BrN2O2. The van der Waals surface area contributed by atoms with Crippen molar-refractivity contribution in [2.24, 2.45) is 0 Å². The summed E-state index contributed by atoms with van der Waals surface area (Å²) >= 11 is 3.49. The number of anilines is 1. The van der Waals surface area contributed by atoms with E-state index in [2.05, 4.69) is 26.2 Å². The lowest BCUT2D eigenvalue weighted by molar-refractivity contribution is 0.0636. The van der Waals surface area contributed by atoms with Crippen molar-refractivity contribution in [1.82, 2.24) is 4.98 Å². The van der Waals surface area contributed by atoms with Crippen LogP contribution in [0.2, 0.25) is 0 Å². The fourth-order valence-corrected chi connectivity index (χ4v) is 2.41. The largest absolute Gasteiger partial charge is 0.444 e. The molecule has 0 saturated carbocycles. The molecule has 0 fully saturated rings. The maximum absolute atomic E-state index is 11.7. The van der Waals surface area contributed by atoms with Crippen LogP contribution >= 0.6 is 15.9 Å². The maximum atomic E-state index is 11.7. The van der Waals surface area contributed by atoms with Crippen LogP contribution in [0.1, 0.15) is 26.5 Å². The molecule has 0 radical (unpaired) electrons. The van der Waals surface area contributed by atoms with Gasteiger partial charge in [-0.2, -0.15) is 0 Å². The van der Waals surface area contributed by atoms with E-state index in [4.69, 9.17) is 4.74 Å². The number of fused-ring (bicyclic) bond motifs is 1. The molecule has 0 unspecified atom stereocenters. The molecule has 2 N–H and O–H groups in total. The number of hydrogen-bond donors (Lipinski definition) is 2. The molecule has 5 heteroatoms. The number of H-pyrrole nitrogens is 1. The average Bonchev–Trinajstić information content (AvgIpc) is 2.55. The van der Waals surface area contributed by atoms with Gasteiger partial charge in [-0.1, -0.05) is 0 Å². The van der Waals surface area contributed by atoms with Crippen molar-refractivity contribution in [3.63, 3.8) is 0 Å². The number of nitrogens with one attached hydrogen (secondary N) is 2. The van der Waals surface area contributed by atoms with Gasteiger partial charge in [0.05, 0.1) is 5.52 Å². The summed E-state index contributed by atoms with van der Waals surface area (Å²) in [4.78, 5) is 15.0. The molecule has 0 spiro atoms. The zero-order valence-corrected chi connectivity index (χ0v) is 13.0. The van der Waals surface area contributed by atoms with Gasteiger partial charge in [0, 0.05) is 21.2 Å². The smallest absolute Gasteiger partial charge is 0.412 e. The van der Waals surface area contributed by atoms with Crippen molar-refractivity contribution >= 4 is 38.6 Å². The lowest BCUT2D eigenvalue weighted by Crippen LogP contribution is -2.27. The van der Waals surface area contributed by atoms with Crippen molar-refractivity contribution in [3.8, 4) is 0 Å². The van der Waals surface area contributed by atoms with Gasteiger partial charge in [-0.25, -0.2) is 4.79 Å². The van der Waals surface area contributed by atoms with Crippen LogP contribution in [0.5, 0.6) is 0 Å². The van der Waals surface area contributed by atoms with Crippen LogP contribution in [0.25, 0.3) is 10.9 Å². The lowest BCUT2D eigenvalue weighted by atomic mass is 10.2. The molecule has 1 aromatic carbocycles. The van der Waals surface area contributed by atoms with E-state index in [1.807, 2.05) is 45.9 Å². The predicted molar refractivity (Wildman–Crippen MR) is 80.6 cm³/mol. The Morgan fingerprint density at radius 3 is 2.63 bits per heavy atom. The number of ether oxygens (including phenoxy) is 1. The molecule has 2 aromatic rings. The number of carbonyl (C=O) groups is 1. The number of aromatic amines is 1. The number of rotatable bonds is 1. The molecule has 0 aliphatic rings. The first-order valence-electron chi connectivity index (χ1n) is 6.03. The zero-order chi connectivity index (χ0) is 14.2. The Hall–Kier alpha value is -1.49. The predicted octanol–water partition coefficient (Wildman–Crippen LogP) is 4.59. The molecular weight excluding hydrogens is 308 g/mol. The van der Waals surface area contributed by atoms with Gasteiger partial charge in [0.2, 0.25) is 0 Å². The fraction of sp³-hybridized carbons (Fsp3) is 0.357. The summed E-state index contributed by atoms with van der Waals surface area (Å²) in [5.41, 5.74) is 2.29. The third-order valence-corrected chi connectivity index (χ3v) is 3.09. The topological polar surface area (TPSA) is 54.1 Å². The summed E-state index contributed by atoms with van der Waals surface area (Å²) in [7, 11) is 0. The van der Waals surface area contributed by atoms with Crippen molar-refractivity contribution in [1.29, 1.82) is 0 Å². The van der Waals surface area contributed by atoms with Crippen LogP contribution in [0.3, 0.4) is 0 Å². The van der Waals surface area contributed by atoms with Crippen LogP contribution in [0.4, 0.5) is 10.5 Å². The second-order valence-electron chi connectivity index (χ2n) is 5.50. The highest BCUT2D eigenvalue weighted by atomic mass is 79.9. The molecule has 0 bridgehead atoms. The molecule has 1 amide bonds. The Kier molecular flexibility index (Phi) is 3.58. The number of amides is 1. The second-order valence-corrected chi connectivity index (χ2v) is 6.36. The van der Waals surface area contributed by atoms with Crippen molar-refractivity contribution in [2.75, 3.05) is 5.32 Å². The number of benzene rings is 1. The van der Waals surface area contributed by atoms with E-state index in [9.17, 15) is 4.79 Å². The van der Waals surface area contributed by atoms with E-state index >= 15 is 0 Å². The van der Waals surface area contributed by atoms with Crippen molar-refractivity contribution < 1.29 is 9.53 Å². The van der Waals surface area contributed by atoms with E-state index in [-0.39, 0.29) is 0 Å². The Bertz CT molecular complexity index is 626. The van der Waals surface area contributed by atoms with Crippen LogP contribution in [-0.2, 0) is 4.74 Å². The van der Waals surface area contributed by atoms with Gasteiger partial charge in [0.1, 0.15) is 5.60 Å². The van der Waals surface area contributed by atoms with Crippen molar-refractivity contribution in [2.45, 2.75) is 33.3 Å². The summed E-state index contributed by atoms with van der Waals surface area (Å²) in [5.74, 6) is 0. The normalized spacial score (nSPS) is 11.6. The summed E-state index contributed by atoms with van der Waals surface area (Å²) in [6, 6.07) is 5.79. The number of carbonyl (C=O) groups excluding carboxylic acids is 1. The molecule has 0 atom stereocenters. The standard InChI is InChI=1S/C14H17BrN2O2/c1-8-5-9-6-10(7-11(15)12(9)16-8)17-13(18)19-14(2,3)4/h5-7,16H,1-4H3,(H,17,18). The van der Waals surface area contributed by atoms with Gasteiger partial charge in [-0.05, 0) is 61.8 Å². The molecule has 102 valence electrons. The fourth-order valence-electron chi connectivity index (χ4n) is 1.83. The van der Waals surface area contributed by atoms with E-state index in [0.29, 0.717) is 5.69 Å². The Morgan fingerprint density at radius 2 is 2.00 bits per heavy atom. The van der Waals surface area contributed by atoms with Gasteiger partial charge < -0.3 is 9.72 Å². The van der Waals surface area contributed by atoms with Crippen LogP contribution in [0, 0.1) is 6.92 Å².